The van der Waals surface area contributed by atoms with Crippen LogP contribution in [0, 0.1) is 10.1 Å². The normalized spacial score (nSPS) is 31.2. The Labute approximate surface area is 110 Å². The minimum atomic E-state index is -0.608. The van der Waals surface area contributed by atoms with Gasteiger partial charge in [-0.25, -0.2) is 4.57 Å². The number of imidazole rings is 1. The third kappa shape index (κ3) is 2.34. The van der Waals surface area contributed by atoms with Crippen LogP contribution in [-0.4, -0.2) is 74.3 Å². The Hall–Kier alpha value is -1.51. The van der Waals surface area contributed by atoms with E-state index in [0.717, 1.165) is 13.1 Å². The summed E-state index contributed by atoms with van der Waals surface area (Å²) in [6, 6.07) is 1.11. The summed E-state index contributed by atoms with van der Waals surface area (Å²) in [5.74, 6) is -0.218. The maximum absolute atomic E-state index is 10.7. The van der Waals surface area contributed by atoms with E-state index < -0.39 is 11.0 Å². The standard InChI is InChI=1S/C11H17N5O3/c1-13-6-9-10(7-13)15(9)5-8(17)4-14-3-2-12-11(14)16(18)19/h2-3,8-10,17H,4-7H2,1H3. The molecule has 2 fully saturated rings. The van der Waals surface area contributed by atoms with Gasteiger partial charge in [-0.2, -0.15) is 0 Å². The molecule has 0 spiro atoms. The Kier molecular flexibility index (Phi) is 3.00. The van der Waals surface area contributed by atoms with E-state index in [4.69, 9.17) is 0 Å². The van der Waals surface area contributed by atoms with Crippen molar-refractivity contribution in [3.8, 4) is 0 Å². The average molecular weight is 267 g/mol. The molecule has 1 N–H and O–H groups in total. The molecule has 0 radical (unpaired) electrons. The minimum absolute atomic E-state index is 0.210. The lowest BCUT2D eigenvalue weighted by Gasteiger charge is -2.17. The molecule has 3 unspecified atom stereocenters. The summed E-state index contributed by atoms with van der Waals surface area (Å²) in [5, 5.41) is 20.8. The molecular formula is C11H17N5O3. The Morgan fingerprint density at radius 1 is 1.53 bits per heavy atom. The number of piperazine rings is 1. The predicted octanol–water partition coefficient (Wildman–Crippen LogP) is -0.850. The van der Waals surface area contributed by atoms with Crippen LogP contribution in [0.1, 0.15) is 0 Å². The van der Waals surface area contributed by atoms with E-state index in [9.17, 15) is 15.2 Å². The third-order valence-electron chi connectivity index (χ3n) is 3.89. The smallest absolute Gasteiger partial charge is 0.390 e. The van der Waals surface area contributed by atoms with Gasteiger partial charge in [-0.15, -0.1) is 0 Å². The molecule has 8 heteroatoms. The third-order valence-corrected chi connectivity index (χ3v) is 3.89. The lowest BCUT2D eigenvalue weighted by molar-refractivity contribution is -0.397. The van der Waals surface area contributed by atoms with Crippen molar-refractivity contribution in [2.75, 3.05) is 26.7 Å². The highest BCUT2D eigenvalue weighted by molar-refractivity contribution is 5.11. The van der Waals surface area contributed by atoms with Gasteiger partial charge in [0.05, 0.1) is 12.6 Å². The molecule has 0 aromatic carbocycles. The molecule has 19 heavy (non-hydrogen) atoms. The fraction of sp³-hybridized carbons (Fsp3) is 0.727. The molecule has 104 valence electrons. The molecular weight excluding hydrogens is 250 g/mol. The number of aromatic nitrogens is 2. The summed E-state index contributed by atoms with van der Waals surface area (Å²) in [5.41, 5.74) is 0. The van der Waals surface area contributed by atoms with E-state index in [1.165, 1.54) is 17.0 Å². The van der Waals surface area contributed by atoms with Crippen molar-refractivity contribution >= 4 is 5.95 Å². The molecule has 8 nitrogen and oxygen atoms in total. The molecule has 0 amide bonds. The van der Waals surface area contributed by atoms with Crippen LogP contribution in [0.5, 0.6) is 0 Å². The van der Waals surface area contributed by atoms with Gasteiger partial charge in [0.2, 0.25) is 0 Å². The van der Waals surface area contributed by atoms with Crippen LogP contribution >= 0.6 is 0 Å². The maximum atomic E-state index is 10.7. The highest BCUT2D eigenvalue weighted by Crippen LogP contribution is 2.34. The first kappa shape index (κ1) is 12.5. The summed E-state index contributed by atoms with van der Waals surface area (Å²) >= 11 is 0. The van der Waals surface area contributed by atoms with Crippen molar-refractivity contribution in [1.29, 1.82) is 0 Å². The van der Waals surface area contributed by atoms with Crippen LogP contribution in [-0.2, 0) is 6.54 Å². The molecule has 0 saturated carbocycles. The molecule has 1 aromatic rings. The van der Waals surface area contributed by atoms with Crippen molar-refractivity contribution in [2.45, 2.75) is 24.7 Å². The number of nitro groups is 1. The van der Waals surface area contributed by atoms with Crippen LogP contribution < -0.4 is 0 Å². The number of aliphatic hydroxyl groups excluding tert-OH is 1. The number of hydrogen-bond donors (Lipinski definition) is 1. The van der Waals surface area contributed by atoms with Crippen LogP contribution in [0.25, 0.3) is 0 Å². The monoisotopic (exact) mass is 267 g/mol. The molecule has 2 aliphatic rings. The summed E-state index contributed by atoms with van der Waals surface area (Å²) in [7, 11) is 2.09. The SMILES string of the molecule is CN1CC2C(C1)N2CC(O)Cn1ccnc1[N+](=O)[O-]. The van der Waals surface area contributed by atoms with Crippen LogP contribution in [0.15, 0.2) is 12.4 Å². The Morgan fingerprint density at radius 2 is 2.21 bits per heavy atom. The van der Waals surface area contributed by atoms with Crippen LogP contribution in [0.2, 0.25) is 0 Å². The van der Waals surface area contributed by atoms with Crippen LogP contribution in [0.4, 0.5) is 5.95 Å². The average Bonchev–Trinajstić information content (AvgIpc) is 2.74. The zero-order valence-corrected chi connectivity index (χ0v) is 10.7. The zero-order valence-electron chi connectivity index (χ0n) is 10.7. The van der Waals surface area contributed by atoms with E-state index in [2.05, 4.69) is 21.8 Å². The molecule has 0 aliphatic carbocycles. The number of fused-ring (bicyclic) bond motifs is 1. The van der Waals surface area contributed by atoms with Crippen molar-refractivity contribution < 1.29 is 10.0 Å². The molecule has 0 bridgehead atoms. The predicted molar refractivity (Wildman–Crippen MR) is 66.7 cm³/mol. The topological polar surface area (TPSA) is 87.4 Å². The van der Waals surface area contributed by atoms with Gasteiger partial charge in [0.1, 0.15) is 12.4 Å². The molecule has 3 heterocycles. The van der Waals surface area contributed by atoms with Crippen molar-refractivity contribution in [2.24, 2.45) is 0 Å². The summed E-state index contributed by atoms with van der Waals surface area (Å²) in [6.45, 7) is 2.87. The lowest BCUT2D eigenvalue weighted by Crippen LogP contribution is -2.32. The van der Waals surface area contributed by atoms with E-state index in [1.54, 1.807) is 0 Å². The maximum Gasteiger partial charge on any atom is 0.434 e. The minimum Gasteiger partial charge on any atom is -0.390 e. The van der Waals surface area contributed by atoms with E-state index in [1.807, 2.05) is 0 Å². The van der Waals surface area contributed by atoms with Gasteiger partial charge in [-0.1, -0.05) is 4.98 Å². The first-order valence-corrected chi connectivity index (χ1v) is 6.34. The number of aliphatic hydroxyl groups is 1. The summed E-state index contributed by atoms with van der Waals surface area (Å²) in [6.07, 6.45) is 2.30. The second-order valence-corrected chi connectivity index (χ2v) is 5.34. The molecule has 2 aliphatic heterocycles. The van der Waals surface area contributed by atoms with Crippen molar-refractivity contribution in [3.63, 3.8) is 0 Å². The Balaban J connectivity index is 1.53. The zero-order chi connectivity index (χ0) is 13.6. The second kappa shape index (κ2) is 4.55. The highest BCUT2D eigenvalue weighted by Gasteiger charge is 2.52. The van der Waals surface area contributed by atoms with Gasteiger partial charge in [0.15, 0.2) is 0 Å². The molecule has 1 aromatic heterocycles. The molecule has 3 atom stereocenters. The van der Waals surface area contributed by atoms with Crippen molar-refractivity contribution in [3.05, 3.63) is 22.5 Å². The van der Waals surface area contributed by atoms with E-state index in [-0.39, 0.29) is 12.5 Å². The number of β-amino-alcohol motifs (C(OH)–C–C–N with tert-alkyl or cyclic N) is 1. The Morgan fingerprint density at radius 3 is 2.84 bits per heavy atom. The summed E-state index contributed by atoms with van der Waals surface area (Å²) in [4.78, 5) is 18.4. The first-order chi connectivity index (χ1) is 9.06. The van der Waals surface area contributed by atoms with Gasteiger partial charge in [-0.05, 0) is 12.0 Å². The molecule has 2 saturated heterocycles. The number of likely N-dealkylation sites (N-methyl/N-ethyl adjacent to an activating group) is 1. The van der Waals surface area contributed by atoms with Gasteiger partial charge in [0, 0.05) is 31.7 Å². The van der Waals surface area contributed by atoms with Crippen molar-refractivity contribution in [1.82, 2.24) is 19.4 Å². The fourth-order valence-electron chi connectivity index (χ4n) is 2.97. The molecule has 3 rings (SSSR count). The fourth-order valence-corrected chi connectivity index (χ4v) is 2.97. The first-order valence-electron chi connectivity index (χ1n) is 6.34. The quantitative estimate of drug-likeness (QED) is 0.425. The largest absolute Gasteiger partial charge is 0.434 e. The van der Waals surface area contributed by atoms with Gasteiger partial charge < -0.3 is 20.1 Å². The number of nitrogens with zero attached hydrogens (tertiary/aromatic N) is 5. The Bertz CT molecular complexity index is 478. The highest BCUT2D eigenvalue weighted by atomic mass is 16.6. The number of rotatable bonds is 5. The van der Waals surface area contributed by atoms with Gasteiger partial charge in [-0.3, -0.25) is 4.90 Å². The summed E-state index contributed by atoms with van der Waals surface area (Å²) < 4.78 is 1.38. The second-order valence-electron chi connectivity index (χ2n) is 5.34. The number of likely N-dealkylation sites (tertiary alicyclic amines) is 1. The van der Waals surface area contributed by atoms with Gasteiger partial charge >= 0.3 is 5.95 Å². The van der Waals surface area contributed by atoms with Gasteiger partial charge in [0.25, 0.3) is 0 Å². The lowest BCUT2D eigenvalue weighted by atomic mass is 10.3. The van der Waals surface area contributed by atoms with Crippen LogP contribution in [0.3, 0.4) is 0 Å². The van der Waals surface area contributed by atoms with E-state index in [0.29, 0.717) is 18.6 Å². The van der Waals surface area contributed by atoms with E-state index >= 15 is 0 Å². The number of hydrogen-bond acceptors (Lipinski definition) is 6.